The highest BCUT2D eigenvalue weighted by atomic mass is 16.5. The second kappa shape index (κ2) is 6.60. The van der Waals surface area contributed by atoms with Gasteiger partial charge < -0.3 is 9.47 Å². The molecule has 0 aliphatic rings. The third kappa shape index (κ3) is 3.49. The van der Waals surface area contributed by atoms with Gasteiger partial charge in [0, 0.05) is 0 Å². The number of carbonyl (C=O) groups is 1. The smallest absolute Gasteiger partial charge is 0.313 e. The van der Waals surface area contributed by atoms with Crippen molar-refractivity contribution in [3.8, 4) is 5.75 Å². The molecule has 0 heterocycles. The van der Waals surface area contributed by atoms with Crippen LogP contribution in [0.1, 0.15) is 43.4 Å². The van der Waals surface area contributed by atoms with Crippen molar-refractivity contribution in [1.29, 1.82) is 0 Å². The Morgan fingerprint density at radius 3 is 2.32 bits per heavy atom. The van der Waals surface area contributed by atoms with E-state index in [4.69, 9.17) is 9.47 Å². The molecule has 0 bridgehead atoms. The summed E-state index contributed by atoms with van der Waals surface area (Å²) < 4.78 is 10.5. The molecule has 1 aromatic rings. The number of methoxy groups -OCH3 is 1. The maximum atomic E-state index is 12.1. The number of carbonyl (C=O) groups excluding carboxylic acids is 1. The summed E-state index contributed by atoms with van der Waals surface area (Å²) in [6.07, 6.45) is 0. The molecule has 106 valence electrons. The molecule has 3 heteroatoms. The second-order valence-electron chi connectivity index (χ2n) is 5.15. The van der Waals surface area contributed by atoms with E-state index in [0.29, 0.717) is 6.61 Å². The molecule has 0 aliphatic heterocycles. The number of esters is 1. The summed E-state index contributed by atoms with van der Waals surface area (Å²) in [5, 5.41) is 0. The lowest BCUT2D eigenvalue weighted by Gasteiger charge is -2.22. The molecule has 1 aromatic carbocycles. The van der Waals surface area contributed by atoms with Crippen LogP contribution in [-0.4, -0.2) is 19.7 Å². The van der Waals surface area contributed by atoms with Crippen molar-refractivity contribution in [2.24, 2.45) is 5.92 Å². The van der Waals surface area contributed by atoms with E-state index >= 15 is 0 Å². The lowest BCUT2D eigenvalue weighted by Crippen LogP contribution is -2.22. The minimum Gasteiger partial charge on any atom is -0.496 e. The third-order valence-corrected chi connectivity index (χ3v) is 3.33. The molecule has 0 amide bonds. The second-order valence-corrected chi connectivity index (χ2v) is 5.15. The van der Waals surface area contributed by atoms with Gasteiger partial charge in [0.05, 0.1) is 19.6 Å². The number of hydrogen-bond donors (Lipinski definition) is 0. The molecule has 0 saturated heterocycles. The summed E-state index contributed by atoms with van der Waals surface area (Å²) in [7, 11) is 1.66. The fraction of sp³-hybridized carbons (Fsp3) is 0.562. The van der Waals surface area contributed by atoms with Crippen molar-refractivity contribution in [2.75, 3.05) is 13.7 Å². The molecule has 1 rings (SSSR count). The zero-order valence-electron chi connectivity index (χ0n) is 12.7. The normalized spacial score (nSPS) is 12.4. The van der Waals surface area contributed by atoms with E-state index in [1.165, 1.54) is 0 Å². The molecule has 1 atom stereocenters. The molecule has 0 aliphatic carbocycles. The maximum absolute atomic E-state index is 12.1. The van der Waals surface area contributed by atoms with Crippen LogP contribution >= 0.6 is 0 Å². The summed E-state index contributed by atoms with van der Waals surface area (Å²) in [4.78, 5) is 12.1. The van der Waals surface area contributed by atoms with Crippen LogP contribution in [0.5, 0.6) is 5.75 Å². The van der Waals surface area contributed by atoms with Gasteiger partial charge in [-0.15, -0.1) is 0 Å². The first kappa shape index (κ1) is 15.5. The summed E-state index contributed by atoms with van der Waals surface area (Å²) in [6, 6.07) is 4.02. The number of benzene rings is 1. The Bertz CT molecular complexity index is 450. The van der Waals surface area contributed by atoms with Crippen LogP contribution in [0.2, 0.25) is 0 Å². The summed E-state index contributed by atoms with van der Waals surface area (Å²) in [5.41, 5.74) is 3.14. The topological polar surface area (TPSA) is 35.5 Å². The SMILES string of the molecule is CCOC(=O)C(c1cc(C)c(OC)cc1C)C(C)C. The molecule has 0 saturated carbocycles. The van der Waals surface area contributed by atoms with Gasteiger partial charge in [0.2, 0.25) is 0 Å². The van der Waals surface area contributed by atoms with E-state index in [1.54, 1.807) is 7.11 Å². The van der Waals surface area contributed by atoms with Crippen LogP contribution < -0.4 is 4.74 Å². The van der Waals surface area contributed by atoms with Crippen molar-refractivity contribution < 1.29 is 14.3 Å². The summed E-state index contributed by atoms with van der Waals surface area (Å²) in [5.74, 6) is 0.688. The zero-order valence-corrected chi connectivity index (χ0v) is 12.7. The fourth-order valence-electron chi connectivity index (χ4n) is 2.36. The van der Waals surface area contributed by atoms with Crippen LogP contribution in [0.4, 0.5) is 0 Å². The van der Waals surface area contributed by atoms with E-state index in [0.717, 1.165) is 22.4 Å². The average molecular weight is 264 g/mol. The first-order valence-electron chi connectivity index (χ1n) is 6.74. The van der Waals surface area contributed by atoms with Crippen molar-refractivity contribution >= 4 is 5.97 Å². The first-order chi connectivity index (χ1) is 8.92. The molecule has 0 radical (unpaired) electrons. The van der Waals surface area contributed by atoms with Crippen LogP contribution in [0.3, 0.4) is 0 Å². The Labute approximate surface area is 115 Å². The number of ether oxygens (including phenoxy) is 2. The predicted molar refractivity (Wildman–Crippen MR) is 76.7 cm³/mol. The zero-order chi connectivity index (χ0) is 14.6. The summed E-state index contributed by atoms with van der Waals surface area (Å²) >= 11 is 0. The predicted octanol–water partition coefficient (Wildman–Crippen LogP) is 3.61. The number of rotatable bonds is 5. The van der Waals surface area contributed by atoms with Crippen molar-refractivity contribution in [3.05, 3.63) is 28.8 Å². The van der Waals surface area contributed by atoms with E-state index in [1.807, 2.05) is 46.8 Å². The van der Waals surface area contributed by atoms with E-state index < -0.39 is 0 Å². The standard InChI is InChI=1S/C16H24O3/c1-7-19-16(17)15(10(2)3)13-8-12(5)14(18-6)9-11(13)4/h8-10,15H,7H2,1-6H3. The van der Waals surface area contributed by atoms with Gasteiger partial charge in [0.25, 0.3) is 0 Å². The van der Waals surface area contributed by atoms with E-state index in [9.17, 15) is 4.79 Å². The van der Waals surface area contributed by atoms with Crippen molar-refractivity contribution in [1.82, 2.24) is 0 Å². The van der Waals surface area contributed by atoms with Gasteiger partial charge in [-0.1, -0.05) is 19.9 Å². The van der Waals surface area contributed by atoms with Crippen LogP contribution in [0.15, 0.2) is 12.1 Å². The van der Waals surface area contributed by atoms with Gasteiger partial charge in [0.1, 0.15) is 5.75 Å². The third-order valence-electron chi connectivity index (χ3n) is 3.33. The first-order valence-corrected chi connectivity index (χ1v) is 6.74. The number of hydrogen-bond acceptors (Lipinski definition) is 3. The van der Waals surface area contributed by atoms with Crippen LogP contribution in [-0.2, 0) is 9.53 Å². The fourth-order valence-corrected chi connectivity index (χ4v) is 2.36. The van der Waals surface area contributed by atoms with Crippen LogP contribution in [0.25, 0.3) is 0 Å². The van der Waals surface area contributed by atoms with Crippen molar-refractivity contribution in [2.45, 2.75) is 40.5 Å². The highest BCUT2D eigenvalue weighted by Gasteiger charge is 2.27. The molecule has 0 aromatic heterocycles. The van der Waals surface area contributed by atoms with Crippen molar-refractivity contribution in [3.63, 3.8) is 0 Å². The molecule has 0 spiro atoms. The Morgan fingerprint density at radius 2 is 1.84 bits per heavy atom. The van der Waals surface area contributed by atoms with E-state index in [-0.39, 0.29) is 17.8 Å². The molecule has 0 N–H and O–H groups in total. The number of aryl methyl sites for hydroxylation is 2. The summed E-state index contributed by atoms with van der Waals surface area (Å²) in [6.45, 7) is 10.3. The van der Waals surface area contributed by atoms with Gasteiger partial charge in [-0.25, -0.2) is 0 Å². The molecular weight excluding hydrogens is 240 g/mol. The van der Waals surface area contributed by atoms with E-state index in [2.05, 4.69) is 0 Å². The van der Waals surface area contributed by atoms with Crippen LogP contribution in [0, 0.1) is 19.8 Å². The van der Waals surface area contributed by atoms with Gasteiger partial charge in [0.15, 0.2) is 0 Å². The molecule has 19 heavy (non-hydrogen) atoms. The highest BCUT2D eigenvalue weighted by molar-refractivity contribution is 5.79. The average Bonchev–Trinajstić information content (AvgIpc) is 2.33. The minimum absolute atomic E-state index is 0.148. The van der Waals surface area contributed by atoms with Gasteiger partial charge in [-0.3, -0.25) is 4.79 Å². The molecule has 3 nitrogen and oxygen atoms in total. The Balaban J connectivity index is 3.23. The monoisotopic (exact) mass is 264 g/mol. The maximum Gasteiger partial charge on any atom is 0.313 e. The van der Waals surface area contributed by atoms with Gasteiger partial charge in [-0.05, 0) is 49.4 Å². The Hall–Kier alpha value is -1.51. The lowest BCUT2D eigenvalue weighted by molar-refractivity contribution is -0.146. The quantitative estimate of drug-likeness (QED) is 0.762. The highest BCUT2D eigenvalue weighted by Crippen LogP contribution is 2.32. The molecule has 1 unspecified atom stereocenters. The largest absolute Gasteiger partial charge is 0.496 e. The lowest BCUT2D eigenvalue weighted by atomic mass is 9.85. The van der Waals surface area contributed by atoms with Gasteiger partial charge in [-0.2, -0.15) is 0 Å². The molecular formula is C16H24O3. The van der Waals surface area contributed by atoms with Gasteiger partial charge >= 0.3 is 5.97 Å². The molecule has 0 fully saturated rings. The Morgan fingerprint density at radius 1 is 1.21 bits per heavy atom. The minimum atomic E-state index is -0.218. The Kier molecular flexibility index (Phi) is 5.40.